The quantitative estimate of drug-likeness (QED) is 0.689. The van der Waals surface area contributed by atoms with E-state index in [9.17, 15) is 8.78 Å². The first-order valence-corrected chi connectivity index (χ1v) is 8.92. The van der Waals surface area contributed by atoms with Crippen molar-refractivity contribution in [2.75, 3.05) is 23.0 Å². The zero-order valence-corrected chi connectivity index (χ0v) is 15.6. The first-order valence-electron chi connectivity index (χ1n) is 8.92. The van der Waals surface area contributed by atoms with E-state index < -0.39 is 0 Å². The molecule has 0 unspecified atom stereocenters. The molecule has 0 spiro atoms. The van der Waals surface area contributed by atoms with Crippen LogP contribution in [0.4, 0.5) is 20.2 Å². The monoisotopic (exact) mass is 346 g/mol. The summed E-state index contributed by atoms with van der Waals surface area (Å²) >= 11 is 0. The molecule has 1 saturated heterocycles. The number of halogens is 2. The van der Waals surface area contributed by atoms with Crippen molar-refractivity contribution in [3.8, 4) is 0 Å². The molecular weight excluding hydrogens is 318 g/mol. The lowest BCUT2D eigenvalue weighted by Crippen LogP contribution is -2.40. The minimum absolute atomic E-state index is 0.247. The van der Waals surface area contributed by atoms with E-state index in [1.54, 1.807) is 24.3 Å². The van der Waals surface area contributed by atoms with Crippen LogP contribution in [0.15, 0.2) is 48.5 Å². The van der Waals surface area contributed by atoms with E-state index in [1.165, 1.54) is 25.0 Å². The maximum Gasteiger partial charge on any atom is 0.146 e. The fraction of sp³-hybridized carbons (Fsp3) is 0.429. The molecule has 4 heteroatoms. The molecule has 3 rings (SSSR count). The van der Waals surface area contributed by atoms with Crippen molar-refractivity contribution in [3.63, 3.8) is 0 Å². The van der Waals surface area contributed by atoms with Gasteiger partial charge in [-0.1, -0.05) is 51.0 Å². The Morgan fingerprint density at radius 3 is 1.80 bits per heavy atom. The summed E-state index contributed by atoms with van der Waals surface area (Å²) in [7, 11) is 0. The fourth-order valence-electron chi connectivity index (χ4n) is 2.91. The molecule has 0 aliphatic carbocycles. The molecule has 0 N–H and O–H groups in total. The number of benzene rings is 2. The highest BCUT2D eigenvalue weighted by molar-refractivity contribution is 5.58. The largest absolute Gasteiger partial charge is 0.349 e. The zero-order chi connectivity index (χ0) is 18.4. The number of unbranched alkanes of at least 4 members (excludes halogenated alkanes) is 1. The van der Waals surface area contributed by atoms with Gasteiger partial charge in [-0.15, -0.1) is 0 Å². The van der Waals surface area contributed by atoms with Crippen molar-refractivity contribution in [1.29, 1.82) is 0 Å². The van der Waals surface area contributed by atoms with Crippen LogP contribution in [0.1, 0.15) is 40.5 Å². The summed E-state index contributed by atoms with van der Waals surface area (Å²) in [6, 6.07) is 13.4. The molecule has 0 saturated carbocycles. The molecule has 2 aromatic carbocycles. The summed E-state index contributed by atoms with van der Waals surface area (Å²) in [6.45, 7) is 9.55. The van der Waals surface area contributed by atoms with Gasteiger partial charge in [0, 0.05) is 6.54 Å². The standard InChI is InChI=1S/C17H18F2N2.C4H10/c1-17(2)11-20(15-9-5-3-7-13(15)18)12-21(17)16-10-6-4-8-14(16)19;1-3-4-2/h3-10H,11-12H2,1-2H3;3-4H2,1-2H3. The second-order valence-electron chi connectivity index (χ2n) is 6.98. The van der Waals surface area contributed by atoms with Gasteiger partial charge in [0.1, 0.15) is 11.6 Å². The molecule has 2 aromatic rings. The van der Waals surface area contributed by atoms with Crippen LogP contribution < -0.4 is 9.80 Å². The van der Waals surface area contributed by atoms with Crippen molar-refractivity contribution >= 4 is 11.4 Å². The van der Waals surface area contributed by atoms with Gasteiger partial charge in [0.15, 0.2) is 0 Å². The van der Waals surface area contributed by atoms with Crippen molar-refractivity contribution in [2.24, 2.45) is 0 Å². The van der Waals surface area contributed by atoms with Crippen LogP contribution >= 0.6 is 0 Å². The second-order valence-corrected chi connectivity index (χ2v) is 6.98. The number of para-hydroxylation sites is 2. The molecule has 0 radical (unpaired) electrons. The first-order chi connectivity index (χ1) is 11.9. The number of nitrogens with zero attached hydrogens (tertiary/aromatic N) is 2. The third-order valence-corrected chi connectivity index (χ3v) is 4.46. The number of anilines is 2. The van der Waals surface area contributed by atoms with Crippen LogP contribution in [0.5, 0.6) is 0 Å². The van der Waals surface area contributed by atoms with E-state index in [0.29, 0.717) is 24.6 Å². The molecule has 0 atom stereocenters. The Bertz CT molecular complexity index is 683. The maximum atomic E-state index is 14.1. The number of hydrogen-bond donors (Lipinski definition) is 0. The molecule has 1 aliphatic rings. The lowest BCUT2D eigenvalue weighted by molar-refractivity contribution is 0.534. The van der Waals surface area contributed by atoms with Crippen molar-refractivity contribution in [3.05, 3.63) is 60.2 Å². The Morgan fingerprint density at radius 2 is 1.32 bits per heavy atom. The molecular formula is C21H28F2N2. The number of hydrogen-bond acceptors (Lipinski definition) is 2. The summed E-state index contributed by atoms with van der Waals surface area (Å²) in [5.41, 5.74) is 0.843. The smallest absolute Gasteiger partial charge is 0.146 e. The van der Waals surface area contributed by atoms with Crippen LogP contribution in [0.25, 0.3) is 0 Å². The topological polar surface area (TPSA) is 6.48 Å². The van der Waals surface area contributed by atoms with Gasteiger partial charge >= 0.3 is 0 Å². The normalized spacial score (nSPS) is 15.8. The van der Waals surface area contributed by atoms with Gasteiger partial charge in [-0.3, -0.25) is 0 Å². The third kappa shape index (κ3) is 4.50. The highest BCUT2D eigenvalue weighted by Crippen LogP contribution is 2.35. The molecule has 1 heterocycles. The third-order valence-electron chi connectivity index (χ3n) is 4.46. The van der Waals surface area contributed by atoms with E-state index in [-0.39, 0.29) is 17.2 Å². The first kappa shape index (κ1) is 19.2. The fourth-order valence-corrected chi connectivity index (χ4v) is 2.91. The van der Waals surface area contributed by atoms with Crippen LogP contribution in [-0.2, 0) is 0 Å². The Morgan fingerprint density at radius 1 is 0.840 bits per heavy atom. The summed E-state index contributed by atoms with van der Waals surface area (Å²) < 4.78 is 28.0. The highest BCUT2D eigenvalue weighted by atomic mass is 19.1. The lowest BCUT2D eigenvalue weighted by atomic mass is 10.0. The van der Waals surface area contributed by atoms with Gasteiger partial charge in [-0.05, 0) is 38.1 Å². The van der Waals surface area contributed by atoms with E-state index in [4.69, 9.17) is 0 Å². The summed E-state index contributed by atoms with van der Waals surface area (Å²) in [5, 5.41) is 0. The highest BCUT2D eigenvalue weighted by Gasteiger charge is 2.38. The Hall–Kier alpha value is -2.10. The SMILES string of the molecule is CC1(C)CN(c2ccccc2F)CN1c1ccccc1F.CCCC. The number of rotatable bonds is 3. The Labute approximate surface area is 150 Å². The molecule has 2 nitrogen and oxygen atoms in total. The molecule has 1 aliphatic heterocycles. The van der Waals surface area contributed by atoms with E-state index >= 15 is 0 Å². The molecule has 0 aromatic heterocycles. The lowest BCUT2D eigenvalue weighted by Gasteiger charge is -2.31. The predicted molar refractivity (Wildman–Crippen MR) is 102 cm³/mol. The van der Waals surface area contributed by atoms with E-state index in [0.717, 1.165) is 0 Å². The molecule has 136 valence electrons. The predicted octanol–water partition coefficient (Wildman–Crippen LogP) is 5.83. The molecule has 0 bridgehead atoms. The van der Waals surface area contributed by atoms with Crippen LogP contribution in [0.2, 0.25) is 0 Å². The average molecular weight is 346 g/mol. The van der Waals surface area contributed by atoms with E-state index in [1.807, 2.05) is 35.8 Å². The maximum absolute atomic E-state index is 14.1. The van der Waals surface area contributed by atoms with E-state index in [2.05, 4.69) is 13.8 Å². The van der Waals surface area contributed by atoms with Crippen molar-refractivity contribution in [1.82, 2.24) is 0 Å². The minimum atomic E-state index is -0.273. The van der Waals surface area contributed by atoms with Gasteiger partial charge in [-0.25, -0.2) is 8.78 Å². The summed E-state index contributed by atoms with van der Waals surface area (Å²) in [6.07, 6.45) is 2.64. The summed E-state index contributed by atoms with van der Waals surface area (Å²) in [4.78, 5) is 3.93. The van der Waals surface area contributed by atoms with Crippen molar-refractivity contribution in [2.45, 2.75) is 46.1 Å². The Kier molecular flexibility index (Phi) is 6.40. The average Bonchev–Trinajstić information content (AvgIpc) is 2.91. The second kappa shape index (κ2) is 8.32. The zero-order valence-electron chi connectivity index (χ0n) is 15.6. The molecule has 0 amide bonds. The van der Waals surface area contributed by atoms with Crippen LogP contribution in [0.3, 0.4) is 0 Å². The van der Waals surface area contributed by atoms with Gasteiger partial charge in [-0.2, -0.15) is 0 Å². The molecule has 1 fully saturated rings. The minimum Gasteiger partial charge on any atom is -0.349 e. The Balaban J connectivity index is 0.000000511. The van der Waals surface area contributed by atoms with Gasteiger partial charge in [0.2, 0.25) is 0 Å². The molecule has 25 heavy (non-hydrogen) atoms. The van der Waals surface area contributed by atoms with Crippen molar-refractivity contribution < 1.29 is 8.78 Å². The van der Waals surface area contributed by atoms with Crippen LogP contribution in [-0.4, -0.2) is 18.8 Å². The van der Waals surface area contributed by atoms with Gasteiger partial charge in [0.25, 0.3) is 0 Å². The van der Waals surface area contributed by atoms with Gasteiger partial charge < -0.3 is 9.80 Å². The van der Waals surface area contributed by atoms with Crippen LogP contribution in [0, 0.1) is 11.6 Å². The van der Waals surface area contributed by atoms with Gasteiger partial charge in [0.05, 0.1) is 23.6 Å². The summed E-state index contributed by atoms with van der Waals surface area (Å²) in [5.74, 6) is -0.496.